The Balaban J connectivity index is 2.56. The normalized spacial score (nSPS) is 11.4. The smallest absolute Gasteiger partial charge is 0.321 e. The Morgan fingerprint density at radius 1 is 1.61 bits per heavy atom. The van der Waals surface area contributed by atoms with Gasteiger partial charge in [0.15, 0.2) is 0 Å². The second kappa shape index (κ2) is 6.62. The molecule has 5 heteroatoms. The molecule has 2 amide bonds. The lowest BCUT2D eigenvalue weighted by Gasteiger charge is -2.18. The molecule has 0 aliphatic rings. The van der Waals surface area contributed by atoms with Crippen LogP contribution in [0.25, 0.3) is 0 Å². The Bertz CT molecular complexity index is 452. The molecule has 1 rings (SSSR count). The summed E-state index contributed by atoms with van der Waals surface area (Å²) in [5.74, 6) is 0. The minimum absolute atomic E-state index is 0.259. The molecule has 96 valence electrons. The maximum absolute atomic E-state index is 11.8. The number of rotatable bonds is 4. The van der Waals surface area contributed by atoms with E-state index in [0.717, 1.165) is 0 Å². The molecule has 0 heterocycles. The van der Waals surface area contributed by atoms with E-state index in [-0.39, 0.29) is 6.03 Å². The van der Waals surface area contributed by atoms with E-state index in [1.54, 1.807) is 38.2 Å². The van der Waals surface area contributed by atoms with Gasteiger partial charge in [0, 0.05) is 19.3 Å². The van der Waals surface area contributed by atoms with Crippen molar-refractivity contribution in [2.24, 2.45) is 0 Å². The monoisotopic (exact) mass is 247 g/mol. The van der Waals surface area contributed by atoms with Crippen molar-refractivity contribution in [3.63, 3.8) is 0 Å². The second-order valence-corrected chi connectivity index (χ2v) is 4.18. The number of nitrogens with one attached hydrogen (secondary N) is 1. The molecule has 0 saturated heterocycles. The molecular weight excluding hydrogens is 230 g/mol. The van der Waals surface area contributed by atoms with Crippen LogP contribution in [0.1, 0.15) is 18.9 Å². The predicted molar refractivity (Wildman–Crippen MR) is 69.1 cm³/mol. The standard InChI is InChI=1S/C13H17N3O2/c1-10(17)6-7-16(2)13(18)15-12-5-3-4-11(8-12)9-14/h3-5,8,10,17H,6-7H2,1-2H3,(H,15,18). The quantitative estimate of drug-likeness (QED) is 0.851. The summed E-state index contributed by atoms with van der Waals surface area (Å²) in [6.45, 7) is 2.16. The molecule has 0 aliphatic heterocycles. The van der Waals surface area contributed by atoms with E-state index >= 15 is 0 Å². The fourth-order valence-corrected chi connectivity index (χ4v) is 1.37. The Hall–Kier alpha value is -2.06. The first-order chi connectivity index (χ1) is 8.52. The fourth-order valence-electron chi connectivity index (χ4n) is 1.37. The summed E-state index contributed by atoms with van der Waals surface area (Å²) in [6.07, 6.45) is 0.101. The lowest BCUT2D eigenvalue weighted by atomic mass is 10.2. The number of anilines is 1. The third-order valence-electron chi connectivity index (χ3n) is 2.47. The van der Waals surface area contributed by atoms with Crippen LogP contribution in [0.2, 0.25) is 0 Å². The van der Waals surface area contributed by atoms with Crippen LogP contribution in [-0.4, -0.2) is 35.7 Å². The Morgan fingerprint density at radius 2 is 2.33 bits per heavy atom. The first-order valence-corrected chi connectivity index (χ1v) is 5.73. The van der Waals surface area contributed by atoms with Crippen LogP contribution in [0, 0.1) is 11.3 Å². The average Bonchev–Trinajstić information content (AvgIpc) is 2.36. The van der Waals surface area contributed by atoms with Crippen LogP contribution in [0.15, 0.2) is 24.3 Å². The number of carbonyl (C=O) groups is 1. The molecule has 1 aromatic carbocycles. The number of benzene rings is 1. The van der Waals surface area contributed by atoms with Gasteiger partial charge < -0.3 is 15.3 Å². The minimum Gasteiger partial charge on any atom is -0.393 e. The van der Waals surface area contributed by atoms with E-state index in [0.29, 0.717) is 24.2 Å². The van der Waals surface area contributed by atoms with Crippen molar-refractivity contribution in [1.82, 2.24) is 4.90 Å². The van der Waals surface area contributed by atoms with Gasteiger partial charge >= 0.3 is 6.03 Å². The molecule has 0 aromatic heterocycles. The van der Waals surface area contributed by atoms with E-state index in [4.69, 9.17) is 10.4 Å². The Kier molecular flexibility index (Phi) is 5.15. The zero-order valence-corrected chi connectivity index (χ0v) is 10.6. The molecule has 5 nitrogen and oxygen atoms in total. The molecule has 0 spiro atoms. The van der Waals surface area contributed by atoms with Gasteiger partial charge in [0.25, 0.3) is 0 Å². The minimum atomic E-state index is -0.429. The van der Waals surface area contributed by atoms with Crippen LogP contribution < -0.4 is 5.32 Å². The average molecular weight is 247 g/mol. The lowest BCUT2D eigenvalue weighted by Crippen LogP contribution is -2.33. The van der Waals surface area contributed by atoms with Gasteiger partial charge in [0.2, 0.25) is 0 Å². The number of hydrogen-bond acceptors (Lipinski definition) is 3. The fraction of sp³-hybridized carbons (Fsp3) is 0.385. The van der Waals surface area contributed by atoms with Gasteiger partial charge in [-0.2, -0.15) is 5.26 Å². The molecule has 18 heavy (non-hydrogen) atoms. The number of nitrogens with zero attached hydrogens (tertiary/aromatic N) is 2. The SMILES string of the molecule is CC(O)CCN(C)C(=O)Nc1cccc(C#N)c1. The highest BCUT2D eigenvalue weighted by Crippen LogP contribution is 2.10. The maximum Gasteiger partial charge on any atom is 0.321 e. The van der Waals surface area contributed by atoms with Crippen molar-refractivity contribution in [1.29, 1.82) is 5.26 Å². The number of aliphatic hydroxyl groups is 1. The third-order valence-corrected chi connectivity index (χ3v) is 2.47. The summed E-state index contributed by atoms with van der Waals surface area (Å²) >= 11 is 0. The number of aliphatic hydroxyl groups excluding tert-OH is 1. The molecule has 2 N–H and O–H groups in total. The van der Waals surface area contributed by atoms with E-state index in [9.17, 15) is 4.79 Å². The molecule has 1 aromatic rings. The highest BCUT2D eigenvalue weighted by Gasteiger charge is 2.09. The van der Waals surface area contributed by atoms with Crippen LogP contribution in [0.4, 0.5) is 10.5 Å². The summed E-state index contributed by atoms with van der Waals surface area (Å²) in [5, 5.41) is 20.6. The number of carbonyl (C=O) groups excluding carboxylic acids is 1. The molecule has 0 fully saturated rings. The molecular formula is C13H17N3O2. The molecule has 1 atom stereocenters. The first-order valence-electron chi connectivity index (χ1n) is 5.73. The zero-order chi connectivity index (χ0) is 13.5. The molecule has 1 unspecified atom stereocenters. The summed E-state index contributed by atoms with van der Waals surface area (Å²) in [4.78, 5) is 13.3. The van der Waals surface area contributed by atoms with E-state index in [2.05, 4.69) is 5.32 Å². The number of hydrogen-bond donors (Lipinski definition) is 2. The predicted octanol–water partition coefficient (Wildman–Crippen LogP) is 1.79. The second-order valence-electron chi connectivity index (χ2n) is 4.18. The van der Waals surface area contributed by atoms with Gasteiger partial charge in [-0.15, -0.1) is 0 Å². The largest absolute Gasteiger partial charge is 0.393 e. The van der Waals surface area contributed by atoms with Crippen molar-refractivity contribution in [3.8, 4) is 6.07 Å². The van der Waals surface area contributed by atoms with Crippen LogP contribution in [0.5, 0.6) is 0 Å². The van der Waals surface area contributed by atoms with E-state index in [1.807, 2.05) is 6.07 Å². The van der Waals surface area contributed by atoms with Gasteiger partial charge in [-0.3, -0.25) is 0 Å². The highest BCUT2D eigenvalue weighted by molar-refractivity contribution is 5.89. The van der Waals surface area contributed by atoms with Crippen LogP contribution in [-0.2, 0) is 0 Å². The van der Waals surface area contributed by atoms with E-state index < -0.39 is 6.10 Å². The summed E-state index contributed by atoms with van der Waals surface area (Å²) < 4.78 is 0. The lowest BCUT2D eigenvalue weighted by molar-refractivity contribution is 0.167. The van der Waals surface area contributed by atoms with Gasteiger partial charge in [-0.25, -0.2) is 4.79 Å². The van der Waals surface area contributed by atoms with Crippen molar-refractivity contribution in [3.05, 3.63) is 29.8 Å². The molecule has 0 radical (unpaired) electrons. The first kappa shape index (κ1) is 14.0. The van der Waals surface area contributed by atoms with Crippen molar-refractivity contribution >= 4 is 11.7 Å². The van der Waals surface area contributed by atoms with Crippen molar-refractivity contribution < 1.29 is 9.90 Å². The number of nitriles is 1. The van der Waals surface area contributed by atoms with Crippen molar-refractivity contribution in [2.45, 2.75) is 19.4 Å². The summed E-state index contributed by atoms with van der Waals surface area (Å²) in [5.41, 5.74) is 1.09. The Morgan fingerprint density at radius 3 is 2.94 bits per heavy atom. The summed E-state index contributed by atoms with van der Waals surface area (Å²) in [6, 6.07) is 8.47. The van der Waals surface area contributed by atoms with Crippen LogP contribution in [0.3, 0.4) is 0 Å². The Labute approximate surface area is 107 Å². The molecule has 0 bridgehead atoms. The molecule has 0 saturated carbocycles. The zero-order valence-electron chi connectivity index (χ0n) is 10.6. The van der Waals surface area contributed by atoms with E-state index in [1.165, 1.54) is 4.90 Å². The van der Waals surface area contributed by atoms with Gasteiger partial charge in [0.1, 0.15) is 0 Å². The third kappa shape index (κ3) is 4.44. The number of amides is 2. The molecule has 0 aliphatic carbocycles. The van der Waals surface area contributed by atoms with Gasteiger partial charge in [0.05, 0.1) is 17.7 Å². The van der Waals surface area contributed by atoms with Gasteiger partial charge in [-0.1, -0.05) is 6.07 Å². The van der Waals surface area contributed by atoms with Crippen LogP contribution >= 0.6 is 0 Å². The summed E-state index contributed by atoms with van der Waals surface area (Å²) in [7, 11) is 1.66. The maximum atomic E-state index is 11.8. The topological polar surface area (TPSA) is 76.4 Å². The van der Waals surface area contributed by atoms with Gasteiger partial charge in [-0.05, 0) is 31.5 Å². The highest BCUT2D eigenvalue weighted by atomic mass is 16.3. The number of urea groups is 1. The van der Waals surface area contributed by atoms with Crippen molar-refractivity contribution in [2.75, 3.05) is 18.9 Å².